The molecular formula is C16H20N2O2. The number of amides is 1. The van der Waals surface area contributed by atoms with E-state index in [0.29, 0.717) is 6.54 Å². The molecule has 1 amide bonds. The van der Waals surface area contributed by atoms with Crippen LogP contribution in [0.15, 0.2) is 36.4 Å². The first-order valence-corrected chi connectivity index (χ1v) is 6.85. The number of benzene rings is 2. The highest BCUT2D eigenvalue weighted by molar-refractivity contribution is 6.04. The molecule has 0 bridgehead atoms. The fraction of sp³-hybridized carbons (Fsp3) is 0.312. The minimum atomic E-state index is -0.0777. The Balaban J connectivity index is 2.22. The van der Waals surface area contributed by atoms with Crippen LogP contribution in [0.2, 0.25) is 0 Å². The van der Waals surface area contributed by atoms with Gasteiger partial charge in [-0.15, -0.1) is 0 Å². The van der Waals surface area contributed by atoms with Crippen LogP contribution in [0.3, 0.4) is 0 Å². The lowest BCUT2D eigenvalue weighted by Crippen LogP contribution is -2.21. The predicted octanol–water partition coefficient (Wildman–Crippen LogP) is 2.86. The second kappa shape index (κ2) is 6.39. The Morgan fingerprint density at radius 1 is 1.25 bits per heavy atom. The van der Waals surface area contributed by atoms with Gasteiger partial charge in [0.1, 0.15) is 5.75 Å². The van der Waals surface area contributed by atoms with Gasteiger partial charge in [-0.3, -0.25) is 4.79 Å². The average Bonchev–Trinajstić information content (AvgIpc) is 2.45. The van der Waals surface area contributed by atoms with Gasteiger partial charge in [-0.2, -0.15) is 0 Å². The van der Waals surface area contributed by atoms with Gasteiger partial charge in [-0.1, -0.05) is 31.2 Å². The van der Waals surface area contributed by atoms with E-state index in [9.17, 15) is 9.90 Å². The van der Waals surface area contributed by atoms with Gasteiger partial charge < -0.3 is 16.2 Å². The van der Waals surface area contributed by atoms with Crippen molar-refractivity contribution in [1.82, 2.24) is 0 Å². The summed E-state index contributed by atoms with van der Waals surface area (Å²) in [4.78, 5) is 12.1. The minimum Gasteiger partial charge on any atom is -0.507 e. The molecule has 0 saturated heterocycles. The topological polar surface area (TPSA) is 75.4 Å². The van der Waals surface area contributed by atoms with Crippen molar-refractivity contribution in [2.75, 3.05) is 11.9 Å². The summed E-state index contributed by atoms with van der Waals surface area (Å²) in [6.45, 7) is 2.49. The Morgan fingerprint density at radius 3 is 2.70 bits per heavy atom. The molecule has 0 fully saturated rings. The maximum absolute atomic E-state index is 12.1. The monoisotopic (exact) mass is 272 g/mol. The lowest BCUT2D eigenvalue weighted by Gasteiger charge is -2.13. The zero-order chi connectivity index (χ0) is 14.5. The summed E-state index contributed by atoms with van der Waals surface area (Å²) in [5.74, 6) is 0.121. The third-order valence-corrected chi connectivity index (χ3v) is 3.45. The number of phenols is 1. The van der Waals surface area contributed by atoms with E-state index in [1.165, 1.54) is 0 Å². The number of carbonyl (C=O) groups excluding carboxylic acids is 1. The summed E-state index contributed by atoms with van der Waals surface area (Å²) in [6, 6.07) is 10.8. The fourth-order valence-corrected chi connectivity index (χ4v) is 2.21. The molecule has 4 N–H and O–H groups in total. The molecule has 0 aromatic heterocycles. The zero-order valence-electron chi connectivity index (χ0n) is 11.6. The van der Waals surface area contributed by atoms with Crippen LogP contribution in [0.5, 0.6) is 5.75 Å². The molecule has 0 radical (unpaired) electrons. The number of hydrogen-bond donors (Lipinski definition) is 3. The van der Waals surface area contributed by atoms with Crippen LogP contribution in [0.4, 0.5) is 5.69 Å². The first-order valence-electron chi connectivity index (χ1n) is 6.85. The van der Waals surface area contributed by atoms with Crippen molar-refractivity contribution in [2.45, 2.75) is 19.8 Å². The number of hydrogen-bond acceptors (Lipinski definition) is 3. The zero-order valence-corrected chi connectivity index (χ0v) is 11.6. The van der Waals surface area contributed by atoms with E-state index < -0.39 is 0 Å². The summed E-state index contributed by atoms with van der Waals surface area (Å²) >= 11 is 0. The molecule has 0 aliphatic heterocycles. The molecule has 2 rings (SSSR count). The highest BCUT2D eigenvalue weighted by Crippen LogP contribution is 2.30. The van der Waals surface area contributed by atoms with Crippen molar-refractivity contribution in [3.8, 4) is 5.75 Å². The Kier molecular flexibility index (Phi) is 4.58. The van der Waals surface area contributed by atoms with Gasteiger partial charge in [0.05, 0.1) is 0 Å². The van der Waals surface area contributed by atoms with Gasteiger partial charge in [-0.25, -0.2) is 0 Å². The summed E-state index contributed by atoms with van der Waals surface area (Å²) in [6.07, 6.45) is 1.61. The number of phenolic OH excluding ortho intramolecular Hbond substituents is 1. The standard InChI is InChI=1S/C16H20N2O2/c1-11(5-4-10-17)16(20)18-14-8-2-7-13-12(14)6-3-9-15(13)19/h2-3,6-9,11,19H,4-5,10,17H2,1H3,(H,18,20). The Hall–Kier alpha value is -2.07. The highest BCUT2D eigenvalue weighted by atomic mass is 16.3. The number of fused-ring (bicyclic) bond motifs is 1. The van der Waals surface area contributed by atoms with E-state index >= 15 is 0 Å². The Bertz CT molecular complexity index is 610. The van der Waals surface area contributed by atoms with Gasteiger partial charge in [0.25, 0.3) is 0 Å². The second-order valence-corrected chi connectivity index (χ2v) is 5.00. The smallest absolute Gasteiger partial charge is 0.227 e. The van der Waals surface area contributed by atoms with Crippen molar-refractivity contribution in [1.29, 1.82) is 0 Å². The number of aromatic hydroxyl groups is 1. The first kappa shape index (κ1) is 14.3. The summed E-state index contributed by atoms with van der Waals surface area (Å²) in [5, 5.41) is 14.3. The third kappa shape index (κ3) is 3.08. The van der Waals surface area contributed by atoms with Crippen molar-refractivity contribution in [3.63, 3.8) is 0 Å². The van der Waals surface area contributed by atoms with E-state index in [2.05, 4.69) is 5.32 Å². The maximum Gasteiger partial charge on any atom is 0.227 e. The van der Waals surface area contributed by atoms with Crippen LogP contribution in [-0.2, 0) is 4.79 Å². The van der Waals surface area contributed by atoms with Crippen LogP contribution in [0.1, 0.15) is 19.8 Å². The summed E-state index contributed by atoms with van der Waals surface area (Å²) < 4.78 is 0. The largest absolute Gasteiger partial charge is 0.507 e. The number of anilines is 1. The molecule has 1 unspecified atom stereocenters. The lowest BCUT2D eigenvalue weighted by molar-refractivity contribution is -0.119. The quantitative estimate of drug-likeness (QED) is 0.783. The van der Waals surface area contributed by atoms with Gasteiger partial charge >= 0.3 is 0 Å². The van der Waals surface area contributed by atoms with Gasteiger partial charge in [0, 0.05) is 22.4 Å². The summed E-state index contributed by atoms with van der Waals surface area (Å²) in [7, 11) is 0. The van der Waals surface area contributed by atoms with Gasteiger partial charge in [-0.05, 0) is 31.5 Å². The lowest BCUT2D eigenvalue weighted by atomic mass is 10.0. The van der Waals surface area contributed by atoms with Crippen molar-refractivity contribution < 1.29 is 9.90 Å². The molecule has 106 valence electrons. The predicted molar refractivity (Wildman–Crippen MR) is 81.7 cm³/mol. The fourth-order valence-electron chi connectivity index (χ4n) is 2.21. The minimum absolute atomic E-state index is 0.0192. The molecular weight excluding hydrogens is 252 g/mol. The van der Waals surface area contributed by atoms with Crippen LogP contribution in [-0.4, -0.2) is 17.6 Å². The van der Waals surface area contributed by atoms with Crippen LogP contribution < -0.4 is 11.1 Å². The number of nitrogens with two attached hydrogens (primary N) is 1. The molecule has 0 heterocycles. The van der Waals surface area contributed by atoms with E-state index in [4.69, 9.17) is 5.73 Å². The number of rotatable bonds is 5. The highest BCUT2D eigenvalue weighted by Gasteiger charge is 2.14. The van der Waals surface area contributed by atoms with Crippen LogP contribution in [0.25, 0.3) is 10.8 Å². The number of nitrogens with one attached hydrogen (secondary N) is 1. The average molecular weight is 272 g/mol. The Morgan fingerprint density at radius 2 is 1.95 bits per heavy atom. The Labute approximate surface area is 118 Å². The van der Waals surface area contributed by atoms with Gasteiger partial charge in [0.2, 0.25) is 5.91 Å². The normalized spacial score (nSPS) is 12.3. The van der Waals surface area contributed by atoms with Crippen molar-refractivity contribution >= 4 is 22.4 Å². The number of carbonyl (C=O) groups is 1. The van der Waals surface area contributed by atoms with Crippen molar-refractivity contribution in [2.24, 2.45) is 11.7 Å². The first-order chi connectivity index (χ1) is 9.63. The molecule has 0 aliphatic carbocycles. The van der Waals surface area contributed by atoms with Crippen molar-refractivity contribution in [3.05, 3.63) is 36.4 Å². The molecule has 4 heteroatoms. The third-order valence-electron chi connectivity index (χ3n) is 3.45. The molecule has 2 aromatic carbocycles. The molecule has 0 aliphatic rings. The van der Waals surface area contributed by atoms with E-state index in [0.717, 1.165) is 29.3 Å². The van der Waals surface area contributed by atoms with Gasteiger partial charge in [0.15, 0.2) is 0 Å². The second-order valence-electron chi connectivity index (χ2n) is 5.00. The molecule has 4 nitrogen and oxygen atoms in total. The van der Waals surface area contributed by atoms with Crippen LogP contribution >= 0.6 is 0 Å². The SMILES string of the molecule is CC(CCCN)C(=O)Nc1cccc2c(O)cccc12. The molecule has 2 aromatic rings. The van der Waals surface area contributed by atoms with E-state index in [1.54, 1.807) is 12.1 Å². The molecule has 0 spiro atoms. The maximum atomic E-state index is 12.1. The molecule has 1 atom stereocenters. The molecule has 20 heavy (non-hydrogen) atoms. The summed E-state index contributed by atoms with van der Waals surface area (Å²) in [5.41, 5.74) is 6.19. The van der Waals surface area contributed by atoms with E-state index in [1.807, 2.05) is 31.2 Å². The van der Waals surface area contributed by atoms with E-state index in [-0.39, 0.29) is 17.6 Å². The molecule has 0 saturated carbocycles. The van der Waals surface area contributed by atoms with Crippen LogP contribution in [0, 0.1) is 5.92 Å².